The zero-order valence-electron chi connectivity index (χ0n) is 14.1. The summed E-state index contributed by atoms with van der Waals surface area (Å²) >= 11 is 12.5. The number of hydrogen-bond acceptors (Lipinski definition) is 5. The zero-order valence-corrected chi connectivity index (χ0v) is 16.4. The van der Waals surface area contributed by atoms with Crippen molar-refractivity contribution in [3.63, 3.8) is 0 Å². The molecule has 1 aromatic carbocycles. The second-order valence-corrected chi connectivity index (χ2v) is 6.93. The van der Waals surface area contributed by atoms with Gasteiger partial charge < -0.3 is 16.4 Å². The first kappa shape index (κ1) is 21.4. The highest BCUT2D eigenvalue weighted by Crippen LogP contribution is 2.35. The fourth-order valence-corrected chi connectivity index (χ4v) is 3.44. The van der Waals surface area contributed by atoms with Crippen molar-refractivity contribution in [1.29, 1.82) is 0 Å². The number of halogens is 3. The van der Waals surface area contributed by atoms with Crippen molar-refractivity contribution in [2.75, 3.05) is 10.6 Å². The summed E-state index contributed by atoms with van der Waals surface area (Å²) in [4.78, 5) is 32.2. The lowest BCUT2D eigenvalue weighted by atomic mass is 10.1. The Balaban J connectivity index is 0.00000261. The van der Waals surface area contributed by atoms with Gasteiger partial charge in [-0.25, -0.2) is 4.98 Å². The number of carbonyl (C=O) groups is 2. The molecule has 0 radical (unpaired) electrons. The number of nitrogens with one attached hydrogen (secondary N) is 2. The third-order valence-electron chi connectivity index (χ3n) is 4.19. The molecule has 2 unspecified atom stereocenters. The van der Waals surface area contributed by atoms with Gasteiger partial charge in [0.1, 0.15) is 5.69 Å². The molecule has 1 heterocycles. The number of carbonyl (C=O) groups excluding carboxylic acids is 2. The fraction of sp³-hybridized carbons (Fsp3) is 0.294. The third kappa shape index (κ3) is 5.29. The van der Waals surface area contributed by atoms with E-state index in [0.29, 0.717) is 12.1 Å². The summed E-state index contributed by atoms with van der Waals surface area (Å²) in [6, 6.07) is 3.13. The molecule has 10 heteroatoms. The predicted octanol–water partition coefficient (Wildman–Crippen LogP) is 3.52. The van der Waals surface area contributed by atoms with Crippen molar-refractivity contribution in [2.24, 2.45) is 11.7 Å². The molecule has 1 aliphatic carbocycles. The number of nitrogens with zero attached hydrogens (tertiary/aromatic N) is 2. The van der Waals surface area contributed by atoms with Crippen LogP contribution >= 0.6 is 35.6 Å². The van der Waals surface area contributed by atoms with Crippen LogP contribution in [0.25, 0.3) is 0 Å². The highest BCUT2D eigenvalue weighted by atomic mass is 35.5. The Morgan fingerprint density at radius 1 is 1.11 bits per heavy atom. The average molecular weight is 431 g/mol. The van der Waals surface area contributed by atoms with E-state index >= 15 is 0 Å². The summed E-state index contributed by atoms with van der Waals surface area (Å²) in [7, 11) is 0. The second-order valence-electron chi connectivity index (χ2n) is 6.12. The molecule has 1 fully saturated rings. The Hall–Kier alpha value is -1.93. The third-order valence-corrected chi connectivity index (χ3v) is 4.78. The van der Waals surface area contributed by atoms with Gasteiger partial charge >= 0.3 is 0 Å². The molecule has 1 aromatic heterocycles. The monoisotopic (exact) mass is 429 g/mol. The summed E-state index contributed by atoms with van der Waals surface area (Å²) in [5.74, 6) is -0.710. The second kappa shape index (κ2) is 9.32. The maximum atomic E-state index is 12.3. The number of amides is 2. The van der Waals surface area contributed by atoms with Crippen molar-refractivity contribution in [3.05, 3.63) is 46.5 Å². The molecule has 0 bridgehead atoms. The van der Waals surface area contributed by atoms with E-state index in [0.717, 1.165) is 12.8 Å². The van der Waals surface area contributed by atoms with Gasteiger partial charge in [0.05, 0.1) is 21.9 Å². The van der Waals surface area contributed by atoms with E-state index in [1.165, 1.54) is 30.7 Å². The van der Waals surface area contributed by atoms with Crippen LogP contribution in [0.3, 0.4) is 0 Å². The molecule has 7 nitrogen and oxygen atoms in total. The molecule has 27 heavy (non-hydrogen) atoms. The molecule has 2 atom stereocenters. The van der Waals surface area contributed by atoms with Crippen molar-refractivity contribution in [3.8, 4) is 0 Å². The number of aromatic nitrogens is 2. The maximum absolute atomic E-state index is 12.3. The highest BCUT2D eigenvalue weighted by molar-refractivity contribution is 6.40. The number of benzene rings is 1. The normalized spacial score (nSPS) is 18.5. The van der Waals surface area contributed by atoms with Gasteiger partial charge in [-0.05, 0) is 31.4 Å². The van der Waals surface area contributed by atoms with Crippen molar-refractivity contribution < 1.29 is 9.59 Å². The molecule has 1 aliphatic rings. The first-order valence-corrected chi connectivity index (χ1v) is 8.82. The van der Waals surface area contributed by atoms with Crippen molar-refractivity contribution in [2.45, 2.75) is 25.3 Å². The van der Waals surface area contributed by atoms with E-state index in [2.05, 4.69) is 20.6 Å². The topological polar surface area (TPSA) is 110 Å². The van der Waals surface area contributed by atoms with E-state index in [-0.39, 0.29) is 51.7 Å². The number of hydrogen-bond donors (Lipinski definition) is 3. The van der Waals surface area contributed by atoms with Crippen LogP contribution < -0.4 is 16.4 Å². The molecular weight excluding hydrogens is 413 g/mol. The Labute approximate surface area is 172 Å². The zero-order chi connectivity index (χ0) is 18.7. The Morgan fingerprint density at radius 3 is 2.37 bits per heavy atom. The summed E-state index contributed by atoms with van der Waals surface area (Å²) in [6.45, 7) is 0. The lowest BCUT2D eigenvalue weighted by Gasteiger charge is -2.14. The van der Waals surface area contributed by atoms with Gasteiger partial charge in [0.2, 0.25) is 5.91 Å². The standard InChI is InChI=1S/C17H17Cl2N5O2.ClH/c18-12-6-11(23-16(25)9-1-2-10(20)5-9)7-13(19)15(12)24-17(26)14-8-21-3-4-22-14;/h3-4,6-10H,1-2,5,20H2,(H,23,25)(H,24,26);1H. The molecule has 1 saturated carbocycles. The van der Waals surface area contributed by atoms with Gasteiger partial charge in [-0.3, -0.25) is 14.6 Å². The number of anilines is 2. The van der Waals surface area contributed by atoms with Crippen LogP contribution in [-0.4, -0.2) is 27.8 Å². The van der Waals surface area contributed by atoms with Gasteiger partial charge in [0.25, 0.3) is 5.91 Å². The largest absolute Gasteiger partial charge is 0.328 e. The highest BCUT2D eigenvalue weighted by Gasteiger charge is 2.28. The van der Waals surface area contributed by atoms with Gasteiger partial charge in [0.15, 0.2) is 0 Å². The quantitative estimate of drug-likeness (QED) is 0.687. The molecular formula is C17H18Cl3N5O2. The molecule has 144 valence electrons. The van der Waals surface area contributed by atoms with E-state index in [4.69, 9.17) is 28.9 Å². The van der Waals surface area contributed by atoms with Gasteiger partial charge in [0, 0.05) is 30.0 Å². The smallest absolute Gasteiger partial charge is 0.275 e. The minimum absolute atomic E-state index is 0. The van der Waals surface area contributed by atoms with Gasteiger partial charge in [-0.1, -0.05) is 23.2 Å². The van der Waals surface area contributed by atoms with Crippen LogP contribution in [0.1, 0.15) is 29.8 Å². The van der Waals surface area contributed by atoms with E-state index in [1.807, 2.05) is 0 Å². The fourth-order valence-electron chi connectivity index (χ4n) is 2.86. The lowest BCUT2D eigenvalue weighted by Crippen LogP contribution is -2.23. The predicted molar refractivity (Wildman–Crippen MR) is 108 cm³/mol. The number of rotatable bonds is 4. The van der Waals surface area contributed by atoms with Crippen LogP contribution in [-0.2, 0) is 4.79 Å². The summed E-state index contributed by atoms with van der Waals surface area (Å²) in [5, 5.41) is 5.81. The molecule has 0 aliphatic heterocycles. The lowest BCUT2D eigenvalue weighted by molar-refractivity contribution is -0.119. The maximum Gasteiger partial charge on any atom is 0.275 e. The van der Waals surface area contributed by atoms with Gasteiger partial charge in [-0.2, -0.15) is 0 Å². The first-order valence-electron chi connectivity index (χ1n) is 8.07. The van der Waals surface area contributed by atoms with Crippen LogP contribution in [0.2, 0.25) is 10.0 Å². The van der Waals surface area contributed by atoms with Crippen LogP contribution in [0, 0.1) is 5.92 Å². The van der Waals surface area contributed by atoms with E-state index in [1.54, 1.807) is 0 Å². The molecule has 0 saturated heterocycles. The number of nitrogens with two attached hydrogens (primary N) is 1. The SMILES string of the molecule is Cl.NC1CCC(C(=O)Nc2cc(Cl)c(NC(=O)c3cnccn3)c(Cl)c2)C1. The molecule has 3 rings (SSSR count). The average Bonchev–Trinajstić information content (AvgIpc) is 3.05. The Morgan fingerprint density at radius 2 is 1.81 bits per heavy atom. The van der Waals surface area contributed by atoms with Crippen molar-refractivity contribution >= 4 is 58.8 Å². The summed E-state index contributed by atoms with van der Waals surface area (Å²) in [6.07, 6.45) is 6.47. The van der Waals surface area contributed by atoms with Gasteiger partial charge in [-0.15, -0.1) is 12.4 Å². The van der Waals surface area contributed by atoms with Crippen LogP contribution in [0.4, 0.5) is 11.4 Å². The van der Waals surface area contributed by atoms with E-state index in [9.17, 15) is 9.59 Å². The first-order chi connectivity index (χ1) is 12.4. The van der Waals surface area contributed by atoms with E-state index < -0.39 is 5.91 Å². The Kier molecular flexibility index (Phi) is 7.38. The van der Waals surface area contributed by atoms with Crippen molar-refractivity contribution in [1.82, 2.24) is 9.97 Å². The molecule has 4 N–H and O–H groups in total. The summed E-state index contributed by atoms with van der Waals surface area (Å²) < 4.78 is 0. The minimum Gasteiger partial charge on any atom is -0.328 e. The van der Waals surface area contributed by atoms with Crippen LogP contribution in [0.15, 0.2) is 30.7 Å². The molecule has 2 aromatic rings. The molecule has 0 spiro atoms. The summed E-state index contributed by atoms with van der Waals surface area (Å²) in [5.41, 5.74) is 6.68. The minimum atomic E-state index is -0.487. The Bertz CT molecular complexity index is 812. The van der Waals surface area contributed by atoms with Crippen LogP contribution in [0.5, 0.6) is 0 Å². The molecule has 2 amide bonds.